The van der Waals surface area contributed by atoms with E-state index in [1.165, 1.54) is 0 Å². The molecule has 0 radical (unpaired) electrons. The van der Waals surface area contributed by atoms with E-state index in [1.54, 1.807) is 4.90 Å². The largest absolute Gasteiger partial charge is 0.492 e. The van der Waals surface area contributed by atoms with Gasteiger partial charge in [-0.25, -0.2) is 0 Å². The van der Waals surface area contributed by atoms with E-state index in [-0.39, 0.29) is 25.0 Å². The van der Waals surface area contributed by atoms with Gasteiger partial charge in [0.05, 0.1) is 0 Å². The number of hydrogen-bond acceptors (Lipinski definition) is 5. The van der Waals surface area contributed by atoms with Gasteiger partial charge in [0.15, 0.2) is 0 Å². The minimum Gasteiger partial charge on any atom is -0.492 e. The second-order valence-electron chi connectivity index (χ2n) is 8.01. The van der Waals surface area contributed by atoms with Gasteiger partial charge in [-0.05, 0) is 13.1 Å². The standard InChI is InChI=1S/C20H27N3O4/c1-21-8-10-22(11-9-21)7-6-18(24)23-12-16-15-4-2-3-5-17(15)27-14-20(16,13-23)19(25)26/h2-5,16H,6-14H2,1H3,(H,25,26)/t16-,20-/m0/s1. The topological polar surface area (TPSA) is 73.3 Å². The van der Waals surface area contributed by atoms with Crippen molar-refractivity contribution in [1.29, 1.82) is 0 Å². The maximum Gasteiger partial charge on any atom is 0.315 e. The van der Waals surface area contributed by atoms with Crippen LogP contribution in [0, 0.1) is 5.41 Å². The van der Waals surface area contributed by atoms with Gasteiger partial charge < -0.3 is 24.5 Å². The Labute approximate surface area is 159 Å². The molecule has 2 saturated heterocycles. The Balaban J connectivity index is 1.45. The van der Waals surface area contributed by atoms with E-state index < -0.39 is 11.4 Å². The summed E-state index contributed by atoms with van der Waals surface area (Å²) in [5.41, 5.74) is -0.141. The monoisotopic (exact) mass is 373 g/mol. The van der Waals surface area contributed by atoms with Crippen molar-refractivity contribution in [1.82, 2.24) is 14.7 Å². The molecule has 3 aliphatic rings. The number of rotatable bonds is 4. The molecule has 3 aliphatic heterocycles. The summed E-state index contributed by atoms with van der Waals surface area (Å²) in [6.45, 7) is 5.54. The van der Waals surface area contributed by atoms with Crippen LogP contribution in [0.1, 0.15) is 17.9 Å². The molecule has 0 bridgehead atoms. The lowest BCUT2D eigenvalue weighted by Gasteiger charge is -2.35. The number of carbonyl (C=O) groups excluding carboxylic acids is 1. The van der Waals surface area contributed by atoms with Crippen LogP contribution < -0.4 is 4.74 Å². The second-order valence-corrected chi connectivity index (χ2v) is 8.01. The first-order valence-electron chi connectivity index (χ1n) is 9.63. The van der Waals surface area contributed by atoms with E-state index >= 15 is 0 Å². The Morgan fingerprint density at radius 2 is 1.96 bits per heavy atom. The van der Waals surface area contributed by atoms with Crippen molar-refractivity contribution in [3.8, 4) is 5.75 Å². The average molecular weight is 373 g/mol. The molecule has 1 aromatic rings. The zero-order valence-corrected chi connectivity index (χ0v) is 15.8. The van der Waals surface area contributed by atoms with Gasteiger partial charge in [-0.15, -0.1) is 0 Å². The van der Waals surface area contributed by atoms with Crippen LogP contribution in [-0.2, 0) is 9.59 Å². The number of carboxylic acids is 1. The minimum atomic E-state index is -1.04. The van der Waals surface area contributed by atoms with Crippen LogP contribution in [0.4, 0.5) is 0 Å². The van der Waals surface area contributed by atoms with Crippen LogP contribution >= 0.6 is 0 Å². The normalized spacial score (nSPS) is 28.3. The maximum absolute atomic E-state index is 12.8. The third-order valence-electron chi connectivity index (χ3n) is 6.34. The fourth-order valence-electron chi connectivity index (χ4n) is 4.51. The van der Waals surface area contributed by atoms with Crippen molar-refractivity contribution >= 4 is 11.9 Å². The highest BCUT2D eigenvalue weighted by atomic mass is 16.5. The van der Waals surface area contributed by atoms with E-state index in [9.17, 15) is 14.7 Å². The Bertz CT molecular complexity index is 732. The van der Waals surface area contributed by atoms with E-state index in [4.69, 9.17) is 4.74 Å². The Kier molecular flexibility index (Phi) is 4.82. The summed E-state index contributed by atoms with van der Waals surface area (Å²) >= 11 is 0. The SMILES string of the molecule is CN1CCN(CCC(=O)N2C[C@H]3c4ccccc4OC[C@@]3(C(=O)O)C2)CC1. The molecular weight excluding hydrogens is 346 g/mol. The fourth-order valence-corrected chi connectivity index (χ4v) is 4.51. The molecule has 1 aromatic carbocycles. The minimum absolute atomic E-state index is 0.0430. The first-order chi connectivity index (χ1) is 13.0. The molecule has 0 saturated carbocycles. The number of benzene rings is 1. The molecule has 2 atom stereocenters. The highest BCUT2D eigenvalue weighted by Gasteiger charge is 2.57. The molecule has 1 amide bonds. The Morgan fingerprint density at radius 3 is 2.70 bits per heavy atom. The fraction of sp³-hybridized carbons (Fsp3) is 0.600. The predicted octanol–water partition coefficient (Wildman–Crippen LogP) is 0.713. The van der Waals surface area contributed by atoms with Crippen molar-refractivity contribution < 1.29 is 19.4 Å². The first-order valence-corrected chi connectivity index (χ1v) is 9.63. The summed E-state index contributed by atoms with van der Waals surface area (Å²) < 4.78 is 5.76. The third kappa shape index (κ3) is 3.30. The van der Waals surface area contributed by atoms with E-state index in [2.05, 4.69) is 16.8 Å². The summed E-state index contributed by atoms with van der Waals surface area (Å²) in [7, 11) is 2.11. The number of likely N-dealkylation sites (tertiary alicyclic amines) is 1. The third-order valence-corrected chi connectivity index (χ3v) is 6.34. The lowest BCUT2D eigenvalue weighted by molar-refractivity contribution is -0.152. The lowest BCUT2D eigenvalue weighted by Crippen LogP contribution is -2.47. The van der Waals surface area contributed by atoms with E-state index in [1.807, 2.05) is 24.3 Å². The number of piperazine rings is 1. The van der Waals surface area contributed by atoms with Crippen LogP contribution in [0.15, 0.2) is 24.3 Å². The number of hydrogen-bond donors (Lipinski definition) is 1. The molecule has 3 heterocycles. The highest BCUT2D eigenvalue weighted by molar-refractivity contribution is 5.83. The summed E-state index contributed by atoms with van der Waals surface area (Å²) in [4.78, 5) is 31.3. The summed E-state index contributed by atoms with van der Waals surface area (Å²) in [6.07, 6.45) is 0.439. The quantitative estimate of drug-likeness (QED) is 0.838. The first kappa shape index (κ1) is 18.3. The summed E-state index contributed by atoms with van der Waals surface area (Å²) in [5, 5.41) is 9.95. The Morgan fingerprint density at radius 1 is 1.22 bits per heavy atom. The van der Waals surface area contributed by atoms with Gasteiger partial charge in [0.1, 0.15) is 17.8 Å². The van der Waals surface area contributed by atoms with Crippen molar-refractivity contribution in [2.75, 3.05) is 59.5 Å². The lowest BCUT2D eigenvalue weighted by atomic mass is 9.73. The van der Waals surface area contributed by atoms with Gasteiger partial charge in [0, 0.05) is 63.7 Å². The van der Waals surface area contributed by atoms with Crippen LogP contribution in [0.5, 0.6) is 5.75 Å². The number of carbonyl (C=O) groups is 2. The number of amides is 1. The van der Waals surface area contributed by atoms with Crippen molar-refractivity contribution in [3.05, 3.63) is 29.8 Å². The molecule has 27 heavy (non-hydrogen) atoms. The van der Waals surface area contributed by atoms with Crippen LogP contribution in [-0.4, -0.2) is 91.2 Å². The molecule has 7 heteroatoms. The Hall–Kier alpha value is -2.12. The highest BCUT2D eigenvalue weighted by Crippen LogP contribution is 2.49. The zero-order valence-electron chi connectivity index (χ0n) is 15.8. The molecule has 0 spiro atoms. The molecule has 7 nitrogen and oxygen atoms in total. The van der Waals surface area contributed by atoms with Crippen molar-refractivity contribution in [3.63, 3.8) is 0 Å². The number of nitrogens with zero attached hydrogens (tertiary/aromatic N) is 3. The zero-order chi connectivity index (χ0) is 19.0. The van der Waals surface area contributed by atoms with Crippen molar-refractivity contribution in [2.45, 2.75) is 12.3 Å². The van der Waals surface area contributed by atoms with Crippen LogP contribution in [0.2, 0.25) is 0 Å². The molecule has 0 unspecified atom stereocenters. The van der Waals surface area contributed by atoms with Gasteiger partial charge in [-0.2, -0.15) is 0 Å². The molecular formula is C20H27N3O4. The van der Waals surface area contributed by atoms with Crippen LogP contribution in [0.25, 0.3) is 0 Å². The average Bonchev–Trinajstić information content (AvgIpc) is 3.09. The second kappa shape index (κ2) is 7.13. The van der Waals surface area contributed by atoms with Gasteiger partial charge in [0.25, 0.3) is 0 Å². The van der Waals surface area contributed by atoms with Gasteiger partial charge >= 0.3 is 5.97 Å². The summed E-state index contributed by atoms with van der Waals surface area (Å²) in [6, 6.07) is 7.59. The molecule has 0 aliphatic carbocycles. The van der Waals surface area contributed by atoms with Gasteiger partial charge in [0.2, 0.25) is 5.91 Å². The smallest absolute Gasteiger partial charge is 0.315 e. The maximum atomic E-state index is 12.8. The number of carboxylic acid groups (broad SMARTS) is 1. The number of ether oxygens (including phenoxy) is 1. The molecule has 2 fully saturated rings. The molecule has 1 N–H and O–H groups in total. The van der Waals surface area contributed by atoms with Gasteiger partial charge in [-0.1, -0.05) is 18.2 Å². The van der Waals surface area contributed by atoms with E-state index in [0.717, 1.165) is 44.0 Å². The van der Waals surface area contributed by atoms with E-state index in [0.29, 0.717) is 13.0 Å². The number of likely N-dealkylation sites (N-methyl/N-ethyl adjacent to an activating group) is 1. The number of aliphatic carboxylic acids is 1. The molecule has 4 rings (SSSR count). The molecule has 0 aromatic heterocycles. The van der Waals surface area contributed by atoms with Crippen molar-refractivity contribution in [2.24, 2.45) is 5.41 Å². The summed E-state index contributed by atoms with van der Waals surface area (Å²) in [5.74, 6) is -0.309. The number of fused-ring (bicyclic) bond motifs is 3. The number of para-hydroxylation sites is 1. The predicted molar refractivity (Wildman–Crippen MR) is 99.9 cm³/mol. The molecule has 146 valence electrons. The van der Waals surface area contributed by atoms with Gasteiger partial charge in [-0.3, -0.25) is 9.59 Å². The van der Waals surface area contributed by atoms with Crippen LogP contribution in [0.3, 0.4) is 0 Å².